The van der Waals surface area contributed by atoms with Gasteiger partial charge in [0.05, 0.1) is 13.2 Å². The molecule has 0 saturated carbocycles. The molecule has 1 aromatic carbocycles. The van der Waals surface area contributed by atoms with Crippen LogP contribution in [0.25, 0.3) is 11.3 Å². The zero-order chi connectivity index (χ0) is 12.1. The highest BCUT2D eigenvalue weighted by Gasteiger charge is 2.04. The summed E-state index contributed by atoms with van der Waals surface area (Å²) in [4.78, 5) is 0. The van der Waals surface area contributed by atoms with E-state index in [0.717, 1.165) is 11.3 Å². The maximum absolute atomic E-state index is 12.7. The van der Waals surface area contributed by atoms with E-state index >= 15 is 0 Å². The van der Waals surface area contributed by atoms with Crippen molar-refractivity contribution in [1.82, 2.24) is 5.32 Å². The third-order valence-electron chi connectivity index (χ3n) is 2.38. The lowest BCUT2D eigenvalue weighted by molar-refractivity contribution is 0.290. The van der Waals surface area contributed by atoms with Gasteiger partial charge in [-0.15, -0.1) is 0 Å². The topological polar surface area (TPSA) is 45.4 Å². The lowest BCUT2D eigenvalue weighted by Crippen LogP contribution is -2.16. The van der Waals surface area contributed by atoms with E-state index < -0.39 is 0 Å². The van der Waals surface area contributed by atoms with Gasteiger partial charge in [0.25, 0.3) is 0 Å². The quantitative estimate of drug-likeness (QED) is 0.781. The van der Waals surface area contributed by atoms with Gasteiger partial charge in [0, 0.05) is 12.1 Å². The zero-order valence-corrected chi connectivity index (χ0v) is 9.32. The van der Waals surface area contributed by atoms with Crippen LogP contribution >= 0.6 is 0 Å². The molecular formula is C13H14FNO2. The summed E-state index contributed by atoms with van der Waals surface area (Å²) in [5.74, 6) is 1.24. The Labute approximate surface area is 98.9 Å². The van der Waals surface area contributed by atoms with Gasteiger partial charge < -0.3 is 14.8 Å². The maximum atomic E-state index is 12.7. The molecule has 90 valence electrons. The highest BCUT2D eigenvalue weighted by Crippen LogP contribution is 2.22. The summed E-state index contributed by atoms with van der Waals surface area (Å²) in [7, 11) is 0. The number of benzene rings is 1. The fraction of sp³-hybridized carbons (Fsp3) is 0.231. The molecule has 0 bridgehead atoms. The van der Waals surface area contributed by atoms with E-state index in [1.807, 2.05) is 12.1 Å². The van der Waals surface area contributed by atoms with Crippen LogP contribution in [0.2, 0.25) is 0 Å². The fourth-order valence-corrected chi connectivity index (χ4v) is 1.53. The number of hydrogen-bond donors (Lipinski definition) is 2. The van der Waals surface area contributed by atoms with Crippen molar-refractivity contribution < 1.29 is 13.9 Å². The third kappa shape index (κ3) is 3.15. The predicted molar refractivity (Wildman–Crippen MR) is 62.9 cm³/mol. The summed E-state index contributed by atoms with van der Waals surface area (Å²) in [6, 6.07) is 9.88. The molecule has 0 unspecified atom stereocenters. The minimum absolute atomic E-state index is 0.103. The number of nitrogens with one attached hydrogen (secondary N) is 1. The molecule has 1 aromatic heterocycles. The lowest BCUT2D eigenvalue weighted by atomic mass is 10.2. The molecular weight excluding hydrogens is 221 g/mol. The van der Waals surface area contributed by atoms with Crippen molar-refractivity contribution in [3.8, 4) is 11.3 Å². The zero-order valence-electron chi connectivity index (χ0n) is 9.32. The van der Waals surface area contributed by atoms with E-state index in [1.165, 1.54) is 12.1 Å². The molecule has 0 amide bonds. The van der Waals surface area contributed by atoms with Crippen LogP contribution in [-0.2, 0) is 6.54 Å². The first-order valence-corrected chi connectivity index (χ1v) is 5.46. The van der Waals surface area contributed by atoms with Crippen LogP contribution in [0.15, 0.2) is 40.8 Å². The van der Waals surface area contributed by atoms with Gasteiger partial charge in [0.2, 0.25) is 0 Å². The van der Waals surface area contributed by atoms with Gasteiger partial charge in [-0.2, -0.15) is 0 Å². The van der Waals surface area contributed by atoms with Crippen molar-refractivity contribution in [3.63, 3.8) is 0 Å². The van der Waals surface area contributed by atoms with Crippen molar-refractivity contribution in [1.29, 1.82) is 0 Å². The highest BCUT2D eigenvalue weighted by atomic mass is 19.1. The Morgan fingerprint density at radius 1 is 1.12 bits per heavy atom. The molecule has 1 heterocycles. The van der Waals surface area contributed by atoms with Gasteiger partial charge in [-0.25, -0.2) is 4.39 Å². The van der Waals surface area contributed by atoms with Crippen molar-refractivity contribution in [3.05, 3.63) is 48.0 Å². The molecule has 0 atom stereocenters. The van der Waals surface area contributed by atoms with Crippen LogP contribution in [0.1, 0.15) is 5.76 Å². The number of aliphatic hydroxyl groups is 1. The monoisotopic (exact) mass is 235 g/mol. The molecule has 2 N–H and O–H groups in total. The SMILES string of the molecule is OCCNCc1ccc(-c2ccc(F)cc2)o1. The molecule has 4 heteroatoms. The lowest BCUT2D eigenvalue weighted by Gasteiger charge is -1.99. The van der Waals surface area contributed by atoms with Crippen molar-refractivity contribution >= 4 is 0 Å². The Kier molecular flexibility index (Phi) is 3.90. The van der Waals surface area contributed by atoms with Gasteiger partial charge >= 0.3 is 0 Å². The maximum Gasteiger partial charge on any atom is 0.134 e. The number of halogens is 1. The molecule has 0 fully saturated rings. The first kappa shape index (κ1) is 11.8. The van der Waals surface area contributed by atoms with Gasteiger partial charge in [-0.05, 0) is 36.4 Å². The molecule has 2 rings (SSSR count). The molecule has 0 aliphatic heterocycles. The first-order valence-electron chi connectivity index (χ1n) is 5.46. The van der Waals surface area contributed by atoms with Crippen LogP contribution in [0.5, 0.6) is 0 Å². The van der Waals surface area contributed by atoms with Crippen LogP contribution < -0.4 is 5.32 Å². The van der Waals surface area contributed by atoms with Crippen molar-refractivity contribution in [2.45, 2.75) is 6.54 Å². The summed E-state index contributed by atoms with van der Waals surface area (Å²) in [5.41, 5.74) is 0.847. The Bertz CT molecular complexity index is 465. The normalized spacial score (nSPS) is 10.7. The summed E-state index contributed by atoms with van der Waals surface area (Å²) >= 11 is 0. The molecule has 2 aromatic rings. The highest BCUT2D eigenvalue weighted by molar-refractivity contribution is 5.57. The molecule has 0 radical (unpaired) electrons. The Hall–Kier alpha value is -1.65. The standard InChI is InChI=1S/C13H14FNO2/c14-11-3-1-10(2-4-11)13-6-5-12(17-13)9-15-7-8-16/h1-6,15-16H,7-9H2. The number of hydrogen-bond acceptors (Lipinski definition) is 3. The summed E-state index contributed by atoms with van der Waals surface area (Å²) in [5, 5.41) is 11.6. The third-order valence-corrected chi connectivity index (χ3v) is 2.38. The van der Waals surface area contributed by atoms with Gasteiger partial charge in [-0.1, -0.05) is 0 Å². The Morgan fingerprint density at radius 3 is 2.59 bits per heavy atom. The number of furan rings is 1. The van der Waals surface area contributed by atoms with Crippen LogP contribution in [0.4, 0.5) is 4.39 Å². The fourth-order valence-electron chi connectivity index (χ4n) is 1.53. The summed E-state index contributed by atoms with van der Waals surface area (Å²) in [6.07, 6.45) is 0. The largest absolute Gasteiger partial charge is 0.460 e. The van der Waals surface area contributed by atoms with E-state index in [2.05, 4.69) is 5.32 Å². The van der Waals surface area contributed by atoms with E-state index in [0.29, 0.717) is 18.8 Å². The minimum Gasteiger partial charge on any atom is -0.460 e. The van der Waals surface area contributed by atoms with Crippen LogP contribution in [0, 0.1) is 5.82 Å². The molecule has 0 aliphatic rings. The average molecular weight is 235 g/mol. The predicted octanol–water partition coefficient (Wildman–Crippen LogP) is 2.17. The first-order chi connectivity index (χ1) is 8.29. The number of aliphatic hydroxyl groups excluding tert-OH is 1. The smallest absolute Gasteiger partial charge is 0.134 e. The van der Waals surface area contributed by atoms with Gasteiger partial charge in [0.1, 0.15) is 17.3 Å². The van der Waals surface area contributed by atoms with Gasteiger partial charge in [0.15, 0.2) is 0 Å². The summed E-state index contributed by atoms with van der Waals surface area (Å²) in [6.45, 7) is 1.21. The average Bonchev–Trinajstić information content (AvgIpc) is 2.79. The van der Waals surface area contributed by atoms with E-state index in [9.17, 15) is 4.39 Å². The number of rotatable bonds is 5. The summed E-state index contributed by atoms with van der Waals surface area (Å²) < 4.78 is 18.3. The Balaban J connectivity index is 2.04. The van der Waals surface area contributed by atoms with Crippen LogP contribution in [0.3, 0.4) is 0 Å². The molecule has 0 aliphatic carbocycles. The van der Waals surface area contributed by atoms with E-state index in [1.54, 1.807) is 12.1 Å². The molecule has 0 saturated heterocycles. The second kappa shape index (κ2) is 5.61. The molecule has 17 heavy (non-hydrogen) atoms. The minimum atomic E-state index is -0.259. The van der Waals surface area contributed by atoms with Gasteiger partial charge in [-0.3, -0.25) is 0 Å². The van der Waals surface area contributed by atoms with E-state index in [4.69, 9.17) is 9.52 Å². The Morgan fingerprint density at radius 2 is 1.88 bits per heavy atom. The van der Waals surface area contributed by atoms with Crippen LogP contribution in [-0.4, -0.2) is 18.3 Å². The van der Waals surface area contributed by atoms with Crippen molar-refractivity contribution in [2.24, 2.45) is 0 Å². The molecule has 3 nitrogen and oxygen atoms in total. The second-order valence-electron chi connectivity index (χ2n) is 3.67. The molecule has 0 spiro atoms. The van der Waals surface area contributed by atoms with Crippen molar-refractivity contribution in [2.75, 3.05) is 13.2 Å². The second-order valence-corrected chi connectivity index (χ2v) is 3.67. The van der Waals surface area contributed by atoms with E-state index in [-0.39, 0.29) is 12.4 Å².